The molecule has 0 atom stereocenters. The largest absolute Gasteiger partial charge is 0.493 e. The zero-order chi connectivity index (χ0) is 19.9. The summed E-state index contributed by atoms with van der Waals surface area (Å²) in [5, 5.41) is 3.30. The van der Waals surface area contributed by atoms with Crippen LogP contribution < -0.4 is 14.8 Å². The number of halogens is 1. The highest BCUT2D eigenvalue weighted by atomic mass is 35.5. The van der Waals surface area contributed by atoms with E-state index >= 15 is 0 Å². The van der Waals surface area contributed by atoms with Crippen LogP contribution in [0.15, 0.2) is 36.4 Å². The molecule has 2 aromatic rings. The molecule has 7 heteroatoms. The Morgan fingerprint density at radius 1 is 1.14 bits per heavy atom. The highest BCUT2D eigenvalue weighted by Gasteiger charge is 2.16. The van der Waals surface area contributed by atoms with Crippen LogP contribution in [0.5, 0.6) is 11.5 Å². The Labute approximate surface area is 170 Å². The van der Waals surface area contributed by atoms with E-state index in [1.807, 2.05) is 18.2 Å². The molecule has 2 aromatic carbocycles. The van der Waals surface area contributed by atoms with Gasteiger partial charge < -0.3 is 19.5 Å². The molecule has 0 bridgehead atoms. The number of benzene rings is 2. The van der Waals surface area contributed by atoms with Crippen LogP contribution in [0.4, 0.5) is 0 Å². The molecule has 0 aliphatic carbocycles. The lowest BCUT2D eigenvalue weighted by atomic mass is 10.1. The maximum absolute atomic E-state index is 12.6. The van der Waals surface area contributed by atoms with Crippen molar-refractivity contribution in [2.45, 2.75) is 13.1 Å². The Kier molecular flexibility index (Phi) is 7.14. The third-order valence-corrected chi connectivity index (χ3v) is 5.03. The third kappa shape index (κ3) is 4.95. The molecule has 1 heterocycles. The molecule has 0 radical (unpaired) electrons. The first-order valence-corrected chi connectivity index (χ1v) is 9.56. The lowest BCUT2D eigenvalue weighted by Gasteiger charge is -2.27. The van der Waals surface area contributed by atoms with Crippen LogP contribution in [0.2, 0.25) is 5.02 Å². The van der Waals surface area contributed by atoms with Crippen molar-refractivity contribution < 1.29 is 19.0 Å². The minimum atomic E-state index is -0.218. The van der Waals surface area contributed by atoms with Crippen LogP contribution >= 0.6 is 11.6 Å². The van der Waals surface area contributed by atoms with Crippen LogP contribution in [-0.2, 0) is 17.8 Å². The summed E-state index contributed by atoms with van der Waals surface area (Å²) in [6, 6.07) is 11.4. The number of rotatable bonds is 7. The van der Waals surface area contributed by atoms with E-state index in [0.29, 0.717) is 28.6 Å². The second kappa shape index (κ2) is 9.78. The van der Waals surface area contributed by atoms with Gasteiger partial charge in [0.25, 0.3) is 5.91 Å². The minimum absolute atomic E-state index is 0.218. The number of nitrogens with one attached hydrogen (secondary N) is 1. The topological polar surface area (TPSA) is 60.0 Å². The van der Waals surface area contributed by atoms with Gasteiger partial charge in [-0.25, -0.2) is 0 Å². The molecule has 0 spiro atoms. The first-order chi connectivity index (χ1) is 13.6. The molecular weight excluding hydrogens is 380 g/mol. The van der Waals surface area contributed by atoms with E-state index in [4.69, 9.17) is 25.8 Å². The van der Waals surface area contributed by atoms with Crippen LogP contribution in [0.3, 0.4) is 0 Å². The number of carbonyl (C=O) groups is 1. The van der Waals surface area contributed by atoms with Gasteiger partial charge in [-0.15, -0.1) is 0 Å². The molecule has 1 amide bonds. The predicted octanol–water partition coefficient (Wildman–Crippen LogP) is 3.12. The van der Waals surface area contributed by atoms with Crippen molar-refractivity contribution in [3.8, 4) is 11.5 Å². The zero-order valence-corrected chi connectivity index (χ0v) is 16.9. The van der Waals surface area contributed by atoms with E-state index in [9.17, 15) is 4.79 Å². The van der Waals surface area contributed by atoms with Crippen LogP contribution in [-0.4, -0.2) is 51.3 Å². The Hall–Kier alpha value is -2.28. The van der Waals surface area contributed by atoms with Crippen LogP contribution in [0.25, 0.3) is 0 Å². The maximum atomic E-state index is 12.6. The van der Waals surface area contributed by atoms with E-state index in [-0.39, 0.29) is 5.91 Å². The van der Waals surface area contributed by atoms with Gasteiger partial charge in [0.05, 0.1) is 32.5 Å². The normalized spacial score (nSPS) is 14.5. The molecular formula is C21H25ClN2O4. The van der Waals surface area contributed by atoms with Crippen molar-refractivity contribution in [3.05, 3.63) is 58.1 Å². The van der Waals surface area contributed by atoms with Gasteiger partial charge in [0, 0.05) is 31.7 Å². The quantitative estimate of drug-likeness (QED) is 0.768. The van der Waals surface area contributed by atoms with E-state index in [0.717, 1.165) is 38.4 Å². The van der Waals surface area contributed by atoms with Gasteiger partial charge in [-0.3, -0.25) is 9.69 Å². The number of hydrogen-bond acceptors (Lipinski definition) is 5. The third-order valence-electron chi connectivity index (χ3n) is 4.75. The average molecular weight is 405 g/mol. The molecule has 3 rings (SSSR count). The van der Waals surface area contributed by atoms with Gasteiger partial charge in [-0.1, -0.05) is 35.9 Å². The Bertz CT molecular complexity index is 822. The first-order valence-electron chi connectivity index (χ1n) is 9.19. The van der Waals surface area contributed by atoms with E-state index in [2.05, 4.69) is 16.3 Å². The van der Waals surface area contributed by atoms with Crippen LogP contribution in [0.1, 0.15) is 21.5 Å². The van der Waals surface area contributed by atoms with E-state index in [1.165, 1.54) is 19.8 Å². The fourth-order valence-electron chi connectivity index (χ4n) is 3.21. The molecule has 150 valence electrons. The standard InChI is InChI=1S/C21H25ClN2O4/c1-26-19-12-17(11-18(22)20(19)27-2)21(25)23-13-15-5-3-4-6-16(15)14-24-7-9-28-10-8-24/h3-6,11-12H,7-10,13-14H2,1-2H3,(H,23,25). The van der Waals surface area contributed by atoms with Crippen LogP contribution in [0, 0.1) is 0 Å². The zero-order valence-electron chi connectivity index (χ0n) is 16.2. The lowest BCUT2D eigenvalue weighted by Crippen LogP contribution is -2.36. The molecule has 1 fully saturated rings. The highest BCUT2D eigenvalue weighted by molar-refractivity contribution is 6.32. The van der Waals surface area contributed by atoms with Gasteiger partial charge in [0.2, 0.25) is 0 Å². The fourth-order valence-corrected chi connectivity index (χ4v) is 3.50. The number of carbonyl (C=O) groups excluding carboxylic acids is 1. The number of hydrogen-bond donors (Lipinski definition) is 1. The lowest BCUT2D eigenvalue weighted by molar-refractivity contribution is 0.0340. The molecule has 1 aliphatic rings. The summed E-state index contributed by atoms with van der Waals surface area (Å²) in [5.74, 6) is 0.619. The van der Waals surface area contributed by atoms with Crippen molar-refractivity contribution in [2.24, 2.45) is 0 Å². The smallest absolute Gasteiger partial charge is 0.251 e. The van der Waals surface area contributed by atoms with Gasteiger partial charge in [-0.05, 0) is 23.3 Å². The van der Waals surface area contributed by atoms with Crippen molar-refractivity contribution in [2.75, 3.05) is 40.5 Å². The number of ether oxygens (including phenoxy) is 3. The number of morpholine rings is 1. The summed E-state index contributed by atoms with van der Waals surface area (Å²) in [6.07, 6.45) is 0. The molecule has 0 saturated carbocycles. The SMILES string of the molecule is COc1cc(C(=O)NCc2ccccc2CN2CCOCC2)cc(Cl)c1OC. The maximum Gasteiger partial charge on any atom is 0.251 e. The fraction of sp³-hybridized carbons (Fsp3) is 0.381. The van der Waals surface area contributed by atoms with E-state index in [1.54, 1.807) is 12.1 Å². The summed E-state index contributed by atoms with van der Waals surface area (Å²) < 4.78 is 15.9. The van der Waals surface area contributed by atoms with Gasteiger partial charge in [-0.2, -0.15) is 0 Å². The minimum Gasteiger partial charge on any atom is -0.493 e. The highest BCUT2D eigenvalue weighted by Crippen LogP contribution is 2.36. The summed E-state index contributed by atoms with van der Waals surface area (Å²) in [6.45, 7) is 4.65. The van der Waals surface area contributed by atoms with Crippen molar-refractivity contribution >= 4 is 17.5 Å². The molecule has 0 aromatic heterocycles. The Morgan fingerprint density at radius 3 is 2.54 bits per heavy atom. The number of methoxy groups -OCH3 is 2. The molecule has 1 N–H and O–H groups in total. The first kappa shape index (κ1) is 20.5. The number of amides is 1. The molecule has 28 heavy (non-hydrogen) atoms. The van der Waals surface area contributed by atoms with Crippen molar-refractivity contribution in [3.63, 3.8) is 0 Å². The second-order valence-corrected chi connectivity index (χ2v) is 6.94. The predicted molar refractivity (Wildman–Crippen MR) is 108 cm³/mol. The average Bonchev–Trinajstić information content (AvgIpc) is 2.73. The van der Waals surface area contributed by atoms with E-state index < -0.39 is 0 Å². The molecule has 1 saturated heterocycles. The Balaban J connectivity index is 1.69. The number of nitrogens with zero attached hydrogens (tertiary/aromatic N) is 1. The van der Waals surface area contributed by atoms with Crippen molar-refractivity contribution in [1.82, 2.24) is 10.2 Å². The molecule has 6 nitrogen and oxygen atoms in total. The monoisotopic (exact) mass is 404 g/mol. The molecule has 1 aliphatic heterocycles. The van der Waals surface area contributed by atoms with Gasteiger partial charge >= 0.3 is 0 Å². The van der Waals surface area contributed by atoms with Gasteiger partial charge in [0.1, 0.15) is 0 Å². The summed E-state index contributed by atoms with van der Waals surface area (Å²) in [5.41, 5.74) is 2.72. The summed E-state index contributed by atoms with van der Waals surface area (Å²) in [4.78, 5) is 15.0. The van der Waals surface area contributed by atoms with Gasteiger partial charge in [0.15, 0.2) is 11.5 Å². The van der Waals surface area contributed by atoms with Crippen molar-refractivity contribution in [1.29, 1.82) is 0 Å². The second-order valence-electron chi connectivity index (χ2n) is 6.53. The summed E-state index contributed by atoms with van der Waals surface area (Å²) >= 11 is 6.21. The molecule has 0 unspecified atom stereocenters. The Morgan fingerprint density at radius 2 is 1.86 bits per heavy atom. The summed E-state index contributed by atoms with van der Waals surface area (Å²) in [7, 11) is 3.02.